The van der Waals surface area contributed by atoms with Crippen molar-refractivity contribution in [3.8, 4) is 5.75 Å². The van der Waals surface area contributed by atoms with Gasteiger partial charge in [0.05, 0.1) is 0 Å². The van der Waals surface area contributed by atoms with E-state index in [-0.39, 0.29) is 47.5 Å². The van der Waals surface area contributed by atoms with Crippen molar-refractivity contribution < 1.29 is 14.3 Å². The van der Waals surface area contributed by atoms with E-state index >= 15 is 0 Å². The number of ether oxygens (including phenoxy) is 2. The minimum absolute atomic E-state index is 0. The third-order valence-electron chi connectivity index (χ3n) is 2.45. The summed E-state index contributed by atoms with van der Waals surface area (Å²) in [7, 11) is 0. The molecule has 0 fully saturated rings. The molecular weight excluding hydrogens is 263 g/mol. The van der Waals surface area contributed by atoms with E-state index in [4.69, 9.17) is 9.47 Å². The van der Waals surface area contributed by atoms with Gasteiger partial charge in [-0.05, 0) is 37.8 Å². The zero-order chi connectivity index (χ0) is 14.5. The van der Waals surface area contributed by atoms with Crippen LogP contribution in [0.2, 0.25) is 0 Å². The van der Waals surface area contributed by atoms with Gasteiger partial charge in [-0.3, -0.25) is 0 Å². The maximum absolute atomic E-state index is 11.8. The number of hydrogen-bond acceptors (Lipinski definition) is 3. The molecule has 1 aromatic carbocycles. The molecule has 0 unspecified atom stereocenters. The predicted octanol–water partition coefficient (Wildman–Crippen LogP) is 3.17. The van der Waals surface area contributed by atoms with Crippen molar-refractivity contribution in [3.63, 3.8) is 0 Å². The molecule has 108 valence electrons. The molecule has 0 aliphatic carbocycles. The third kappa shape index (κ3) is 8.62. The van der Waals surface area contributed by atoms with Crippen LogP contribution in [0.5, 0.6) is 5.75 Å². The van der Waals surface area contributed by atoms with Crippen LogP contribution in [0.3, 0.4) is 0 Å². The summed E-state index contributed by atoms with van der Waals surface area (Å²) in [6, 6.07) is 9.26. The quantitative estimate of drug-likeness (QED) is 0.616. The van der Waals surface area contributed by atoms with Crippen LogP contribution in [0.25, 0.3) is 0 Å². The van der Waals surface area contributed by atoms with Gasteiger partial charge < -0.3 is 9.47 Å². The van der Waals surface area contributed by atoms with Crippen LogP contribution in [-0.2, 0) is 9.53 Å². The summed E-state index contributed by atoms with van der Waals surface area (Å²) in [4.78, 5) is 11.8. The number of benzene rings is 1. The number of rotatable bonds is 5. The van der Waals surface area contributed by atoms with Crippen LogP contribution in [-0.4, -0.2) is 47.7 Å². The average molecular weight is 288 g/mol. The minimum atomic E-state index is -0.477. The Morgan fingerprint density at radius 1 is 1.05 bits per heavy atom. The SMILES string of the molecule is CC(C)(C)CC(C)(C)OC(=O)COc1ccccc1.[NaH]. The van der Waals surface area contributed by atoms with Crippen LogP contribution in [0.15, 0.2) is 30.3 Å². The van der Waals surface area contributed by atoms with E-state index in [9.17, 15) is 4.79 Å². The molecule has 1 rings (SSSR count). The molecular formula is C16H25NaO3. The Morgan fingerprint density at radius 3 is 2.10 bits per heavy atom. The number of carbonyl (C=O) groups excluding carboxylic acids is 1. The van der Waals surface area contributed by atoms with E-state index in [0.29, 0.717) is 5.75 Å². The number of carbonyl (C=O) groups is 1. The average Bonchev–Trinajstić information content (AvgIpc) is 2.23. The number of para-hydroxylation sites is 1. The summed E-state index contributed by atoms with van der Waals surface area (Å²) < 4.78 is 10.8. The van der Waals surface area contributed by atoms with Crippen molar-refractivity contribution in [1.29, 1.82) is 0 Å². The Morgan fingerprint density at radius 2 is 1.60 bits per heavy atom. The second-order valence-corrected chi connectivity index (χ2v) is 6.57. The van der Waals surface area contributed by atoms with Gasteiger partial charge in [0.2, 0.25) is 0 Å². The molecule has 3 nitrogen and oxygen atoms in total. The number of esters is 1. The van der Waals surface area contributed by atoms with E-state index in [1.165, 1.54) is 0 Å². The summed E-state index contributed by atoms with van der Waals surface area (Å²) >= 11 is 0. The Hall–Kier alpha value is -0.510. The fourth-order valence-corrected chi connectivity index (χ4v) is 2.31. The zero-order valence-corrected chi connectivity index (χ0v) is 12.5. The van der Waals surface area contributed by atoms with Gasteiger partial charge in [0.1, 0.15) is 11.4 Å². The first-order chi connectivity index (χ1) is 8.68. The first-order valence-corrected chi connectivity index (χ1v) is 6.58. The van der Waals surface area contributed by atoms with Gasteiger partial charge in [-0.15, -0.1) is 0 Å². The van der Waals surface area contributed by atoms with Crippen molar-refractivity contribution in [1.82, 2.24) is 0 Å². The second-order valence-electron chi connectivity index (χ2n) is 6.57. The monoisotopic (exact) mass is 288 g/mol. The van der Waals surface area contributed by atoms with E-state index in [1.54, 1.807) is 0 Å². The Balaban J connectivity index is 0.00000361. The normalized spacial score (nSPS) is 11.4. The predicted molar refractivity (Wildman–Crippen MR) is 83.3 cm³/mol. The van der Waals surface area contributed by atoms with Gasteiger partial charge in [-0.1, -0.05) is 39.0 Å². The van der Waals surface area contributed by atoms with Gasteiger partial charge in [-0.2, -0.15) is 0 Å². The van der Waals surface area contributed by atoms with Crippen molar-refractivity contribution in [3.05, 3.63) is 30.3 Å². The Labute approximate surface area is 144 Å². The molecule has 0 saturated heterocycles. The van der Waals surface area contributed by atoms with E-state index in [0.717, 1.165) is 6.42 Å². The van der Waals surface area contributed by atoms with Crippen molar-refractivity contribution in [2.75, 3.05) is 6.61 Å². The topological polar surface area (TPSA) is 35.5 Å². The van der Waals surface area contributed by atoms with Crippen LogP contribution < -0.4 is 4.74 Å². The molecule has 0 N–H and O–H groups in total. The van der Waals surface area contributed by atoms with Gasteiger partial charge in [0.25, 0.3) is 0 Å². The molecule has 0 atom stereocenters. The molecule has 0 radical (unpaired) electrons. The molecule has 0 aromatic heterocycles. The van der Waals surface area contributed by atoms with E-state index in [2.05, 4.69) is 20.8 Å². The summed E-state index contributed by atoms with van der Waals surface area (Å²) in [5.74, 6) is 0.339. The molecule has 0 bridgehead atoms. The standard InChI is InChI=1S/C16H24O3.Na.H/c1-15(2,3)12-16(4,5)19-14(17)11-18-13-9-7-6-8-10-13;;/h6-10H,11-12H2,1-5H3;;. The van der Waals surface area contributed by atoms with E-state index in [1.807, 2.05) is 44.2 Å². The molecule has 0 amide bonds. The van der Waals surface area contributed by atoms with Crippen LogP contribution >= 0.6 is 0 Å². The third-order valence-corrected chi connectivity index (χ3v) is 2.45. The van der Waals surface area contributed by atoms with E-state index < -0.39 is 5.60 Å². The summed E-state index contributed by atoms with van der Waals surface area (Å²) in [6.45, 7) is 10.2. The van der Waals surface area contributed by atoms with Crippen molar-refractivity contribution in [2.24, 2.45) is 5.41 Å². The molecule has 0 aliphatic rings. The molecule has 0 aliphatic heterocycles. The fourth-order valence-electron chi connectivity index (χ4n) is 2.31. The van der Waals surface area contributed by atoms with Gasteiger partial charge in [0, 0.05) is 0 Å². The van der Waals surface area contributed by atoms with Gasteiger partial charge in [0.15, 0.2) is 6.61 Å². The number of hydrogen-bond donors (Lipinski definition) is 0. The molecule has 0 heterocycles. The molecule has 20 heavy (non-hydrogen) atoms. The molecule has 0 spiro atoms. The first-order valence-electron chi connectivity index (χ1n) is 6.58. The second kappa shape index (κ2) is 8.06. The molecule has 4 heteroatoms. The van der Waals surface area contributed by atoms with Gasteiger partial charge >= 0.3 is 35.5 Å². The summed E-state index contributed by atoms with van der Waals surface area (Å²) in [5.41, 5.74) is -0.362. The van der Waals surface area contributed by atoms with Crippen LogP contribution in [0, 0.1) is 5.41 Å². The van der Waals surface area contributed by atoms with Crippen LogP contribution in [0.1, 0.15) is 41.0 Å². The van der Waals surface area contributed by atoms with Crippen LogP contribution in [0.4, 0.5) is 0 Å². The first kappa shape index (κ1) is 19.5. The molecule has 0 saturated carbocycles. The van der Waals surface area contributed by atoms with Crippen molar-refractivity contribution >= 4 is 35.5 Å². The fraction of sp³-hybridized carbons (Fsp3) is 0.562. The Kier molecular flexibility index (Phi) is 7.85. The summed E-state index contributed by atoms with van der Waals surface area (Å²) in [6.07, 6.45) is 0.803. The molecule has 1 aromatic rings. The van der Waals surface area contributed by atoms with Gasteiger partial charge in [-0.25, -0.2) is 4.79 Å². The van der Waals surface area contributed by atoms with Crippen molar-refractivity contribution in [2.45, 2.75) is 46.6 Å². The summed E-state index contributed by atoms with van der Waals surface area (Å²) in [5, 5.41) is 0. The Bertz CT molecular complexity index is 407. The maximum atomic E-state index is 11.8. The zero-order valence-electron chi connectivity index (χ0n) is 12.5.